The van der Waals surface area contributed by atoms with Gasteiger partial charge in [0.05, 0.1) is 6.61 Å². The SMILES string of the molecule is SCc1ccc(COI)cn1. The van der Waals surface area contributed by atoms with Crippen LogP contribution in [0.4, 0.5) is 0 Å². The van der Waals surface area contributed by atoms with E-state index in [1.54, 1.807) is 0 Å². The Bertz CT molecular complexity index is 214. The smallest absolute Gasteiger partial charge is 0.110 e. The van der Waals surface area contributed by atoms with Gasteiger partial charge in [0.1, 0.15) is 23.0 Å². The van der Waals surface area contributed by atoms with Crippen molar-refractivity contribution in [3.63, 3.8) is 0 Å². The highest BCUT2D eigenvalue weighted by molar-refractivity contribution is 14.1. The molecule has 60 valence electrons. The third-order valence-electron chi connectivity index (χ3n) is 1.27. The van der Waals surface area contributed by atoms with Crippen LogP contribution >= 0.6 is 35.6 Å². The predicted molar refractivity (Wildman–Crippen MR) is 55.7 cm³/mol. The highest BCUT2D eigenvalue weighted by Gasteiger charge is 1.93. The monoisotopic (exact) mass is 281 g/mol. The van der Waals surface area contributed by atoms with E-state index in [0.717, 1.165) is 11.3 Å². The van der Waals surface area contributed by atoms with Gasteiger partial charge in [0.25, 0.3) is 0 Å². The fourth-order valence-electron chi connectivity index (χ4n) is 0.697. The molecule has 0 aliphatic rings. The van der Waals surface area contributed by atoms with Gasteiger partial charge in [-0.1, -0.05) is 6.07 Å². The zero-order chi connectivity index (χ0) is 8.10. The zero-order valence-corrected chi connectivity index (χ0v) is 8.88. The maximum atomic E-state index is 4.91. The standard InChI is InChI=1S/C7H8INOS/c8-10-4-6-1-2-7(5-11)9-3-6/h1-3,11H,4-5H2. The maximum absolute atomic E-state index is 4.91. The Morgan fingerprint density at radius 1 is 1.55 bits per heavy atom. The van der Waals surface area contributed by atoms with Gasteiger partial charge in [0, 0.05) is 17.6 Å². The first kappa shape index (κ1) is 9.28. The molecule has 1 rings (SSSR count). The van der Waals surface area contributed by atoms with E-state index in [4.69, 9.17) is 3.07 Å². The minimum absolute atomic E-state index is 0.612. The van der Waals surface area contributed by atoms with E-state index >= 15 is 0 Å². The molecule has 0 aromatic carbocycles. The molecule has 4 heteroatoms. The number of aromatic nitrogens is 1. The molecular formula is C7H8INOS. The summed E-state index contributed by atoms with van der Waals surface area (Å²) in [6.45, 7) is 0.612. The summed E-state index contributed by atoms with van der Waals surface area (Å²) in [5.41, 5.74) is 2.08. The van der Waals surface area contributed by atoms with Crippen molar-refractivity contribution >= 4 is 35.6 Å². The molecule has 11 heavy (non-hydrogen) atoms. The van der Waals surface area contributed by atoms with Crippen LogP contribution in [0.2, 0.25) is 0 Å². The minimum Gasteiger partial charge on any atom is -0.311 e. The Morgan fingerprint density at radius 2 is 2.36 bits per heavy atom. The van der Waals surface area contributed by atoms with Crippen LogP contribution in [0.3, 0.4) is 0 Å². The normalized spacial score (nSPS) is 10.0. The van der Waals surface area contributed by atoms with E-state index in [1.165, 1.54) is 0 Å². The van der Waals surface area contributed by atoms with Gasteiger partial charge in [-0.05, 0) is 11.6 Å². The molecule has 0 atom stereocenters. The van der Waals surface area contributed by atoms with Crippen LogP contribution in [-0.2, 0) is 15.4 Å². The second-order valence-corrected chi connectivity index (χ2v) is 3.01. The largest absolute Gasteiger partial charge is 0.311 e. The number of nitrogens with zero attached hydrogens (tertiary/aromatic N) is 1. The van der Waals surface area contributed by atoms with Gasteiger partial charge in [-0.3, -0.25) is 4.98 Å². The molecule has 0 aliphatic heterocycles. The van der Waals surface area contributed by atoms with E-state index < -0.39 is 0 Å². The summed E-state index contributed by atoms with van der Waals surface area (Å²) >= 11 is 5.97. The highest BCUT2D eigenvalue weighted by atomic mass is 127. The van der Waals surface area contributed by atoms with Crippen LogP contribution in [0, 0.1) is 0 Å². The van der Waals surface area contributed by atoms with Crippen LogP contribution in [0.5, 0.6) is 0 Å². The van der Waals surface area contributed by atoms with Crippen molar-refractivity contribution < 1.29 is 3.07 Å². The predicted octanol–water partition coefficient (Wildman–Crippen LogP) is 2.38. The maximum Gasteiger partial charge on any atom is 0.110 e. The first-order chi connectivity index (χ1) is 5.36. The summed E-state index contributed by atoms with van der Waals surface area (Å²) in [7, 11) is 0. The lowest BCUT2D eigenvalue weighted by Gasteiger charge is -1.98. The Labute approximate surface area is 85.5 Å². The van der Waals surface area contributed by atoms with Crippen LogP contribution in [0.25, 0.3) is 0 Å². The van der Waals surface area contributed by atoms with E-state index in [-0.39, 0.29) is 0 Å². The number of rotatable bonds is 3. The van der Waals surface area contributed by atoms with Crippen molar-refractivity contribution in [1.82, 2.24) is 4.98 Å². The average molecular weight is 281 g/mol. The topological polar surface area (TPSA) is 22.1 Å². The number of halogens is 1. The molecule has 0 saturated carbocycles. The van der Waals surface area contributed by atoms with E-state index in [9.17, 15) is 0 Å². The Kier molecular flexibility index (Phi) is 4.17. The minimum atomic E-state index is 0.612. The van der Waals surface area contributed by atoms with Crippen molar-refractivity contribution in [3.8, 4) is 0 Å². The average Bonchev–Trinajstić information content (AvgIpc) is 2.07. The fourth-order valence-corrected chi connectivity index (χ4v) is 1.24. The summed E-state index contributed by atoms with van der Waals surface area (Å²) in [5.74, 6) is 0.686. The van der Waals surface area contributed by atoms with Gasteiger partial charge >= 0.3 is 0 Å². The van der Waals surface area contributed by atoms with Crippen LogP contribution in [-0.4, -0.2) is 4.98 Å². The quantitative estimate of drug-likeness (QED) is 0.678. The summed E-state index contributed by atoms with van der Waals surface area (Å²) < 4.78 is 4.91. The van der Waals surface area contributed by atoms with Gasteiger partial charge in [-0.25, -0.2) is 0 Å². The van der Waals surface area contributed by atoms with Crippen molar-refractivity contribution in [2.45, 2.75) is 12.4 Å². The molecule has 1 aromatic rings. The molecule has 1 aromatic heterocycles. The molecule has 0 N–H and O–H groups in total. The molecule has 0 bridgehead atoms. The summed E-state index contributed by atoms with van der Waals surface area (Å²) in [5, 5.41) is 0. The van der Waals surface area contributed by atoms with E-state index in [2.05, 4.69) is 17.6 Å². The molecule has 0 unspecified atom stereocenters. The Balaban J connectivity index is 2.66. The lowest BCUT2D eigenvalue weighted by molar-refractivity contribution is 0.417. The number of pyridine rings is 1. The number of hydrogen-bond acceptors (Lipinski definition) is 3. The van der Waals surface area contributed by atoms with E-state index in [1.807, 2.05) is 41.3 Å². The molecular weight excluding hydrogens is 273 g/mol. The van der Waals surface area contributed by atoms with Gasteiger partial charge in [-0.15, -0.1) is 0 Å². The molecule has 0 spiro atoms. The third kappa shape index (κ3) is 2.96. The number of thiol groups is 1. The second-order valence-electron chi connectivity index (χ2n) is 2.07. The van der Waals surface area contributed by atoms with E-state index in [0.29, 0.717) is 12.4 Å². The summed E-state index contributed by atoms with van der Waals surface area (Å²) in [6, 6.07) is 3.95. The summed E-state index contributed by atoms with van der Waals surface area (Å²) in [6.07, 6.45) is 1.81. The van der Waals surface area contributed by atoms with Gasteiger partial charge in [0.15, 0.2) is 0 Å². The Hall–Kier alpha value is 0.190. The lowest BCUT2D eigenvalue weighted by Crippen LogP contribution is -1.88. The summed E-state index contributed by atoms with van der Waals surface area (Å²) in [4.78, 5) is 4.16. The number of hydrogen-bond donors (Lipinski definition) is 1. The van der Waals surface area contributed by atoms with Crippen LogP contribution < -0.4 is 0 Å². The van der Waals surface area contributed by atoms with Gasteiger partial charge < -0.3 is 3.07 Å². The molecule has 0 saturated heterocycles. The van der Waals surface area contributed by atoms with Crippen molar-refractivity contribution in [1.29, 1.82) is 0 Å². The second kappa shape index (κ2) is 4.95. The molecule has 0 aliphatic carbocycles. The molecule has 1 heterocycles. The first-order valence-corrected chi connectivity index (χ1v) is 4.66. The van der Waals surface area contributed by atoms with Crippen molar-refractivity contribution in [2.75, 3.05) is 0 Å². The van der Waals surface area contributed by atoms with Gasteiger partial charge in [0.2, 0.25) is 0 Å². The third-order valence-corrected chi connectivity index (χ3v) is 1.90. The highest BCUT2D eigenvalue weighted by Crippen LogP contribution is 2.05. The first-order valence-electron chi connectivity index (χ1n) is 3.15. The molecule has 0 radical (unpaired) electrons. The van der Waals surface area contributed by atoms with Crippen LogP contribution in [0.1, 0.15) is 11.3 Å². The molecule has 0 fully saturated rings. The fraction of sp³-hybridized carbons (Fsp3) is 0.286. The molecule has 2 nitrogen and oxygen atoms in total. The van der Waals surface area contributed by atoms with Crippen molar-refractivity contribution in [3.05, 3.63) is 29.6 Å². The van der Waals surface area contributed by atoms with Gasteiger partial charge in [-0.2, -0.15) is 12.6 Å². The van der Waals surface area contributed by atoms with Crippen molar-refractivity contribution in [2.24, 2.45) is 0 Å². The zero-order valence-electron chi connectivity index (χ0n) is 5.83. The van der Waals surface area contributed by atoms with Crippen LogP contribution in [0.15, 0.2) is 18.3 Å². The lowest BCUT2D eigenvalue weighted by atomic mass is 10.3. The molecule has 0 amide bonds. The Morgan fingerprint density at radius 3 is 2.82 bits per heavy atom.